The molecule has 0 aliphatic rings. The Morgan fingerprint density at radius 1 is 1.53 bits per heavy atom. The van der Waals surface area contributed by atoms with E-state index in [0.717, 1.165) is 0 Å². The Hall–Kier alpha value is -1.35. The van der Waals surface area contributed by atoms with Crippen molar-refractivity contribution in [2.45, 2.75) is 6.42 Å². The number of amides is 1. The van der Waals surface area contributed by atoms with Gasteiger partial charge in [0.25, 0.3) is 0 Å². The lowest BCUT2D eigenvalue weighted by Crippen LogP contribution is -2.12. The van der Waals surface area contributed by atoms with E-state index >= 15 is 0 Å². The molecule has 0 bridgehead atoms. The molecule has 0 unspecified atom stereocenters. The molecule has 80 valence electrons. The van der Waals surface area contributed by atoms with Crippen molar-refractivity contribution in [1.29, 1.82) is 0 Å². The third kappa shape index (κ3) is 3.36. The maximum Gasteiger partial charge on any atom is 0.249 e. The zero-order valence-electron chi connectivity index (χ0n) is 8.04. The molecule has 1 aromatic rings. The quantitative estimate of drug-likeness (QED) is 0.790. The van der Waals surface area contributed by atoms with E-state index in [4.69, 9.17) is 17.3 Å². The molecule has 0 radical (unpaired) electrons. The molecule has 0 aliphatic heterocycles. The fourth-order valence-corrected chi connectivity index (χ4v) is 1.30. The monoisotopic (exact) mass is 227 g/mol. The largest absolute Gasteiger partial charge is 0.366 e. The first-order chi connectivity index (χ1) is 7.15. The molecule has 0 heterocycles. The van der Waals surface area contributed by atoms with Gasteiger partial charge in [0.15, 0.2) is 0 Å². The molecular weight excluding hydrogens is 217 g/mol. The Morgan fingerprint density at radius 3 is 2.87 bits per heavy atom. The molecule has 0 spiro atoms. The standard InChI is InChI=1S/C11H11ClFNO/c12-6-2-1-3-8-7-9(13)4-5-10(8)11(14)15/h1,3-5,7H,2,6H2,(H2,14,15). The Labute approximate surface area is 92.5 Å². The van der Waals surface area contributed by atoms with E-state index in [-0.39, 0.29) is 0 Å². The van der Waals surface area contributed by atoms with Crippen LogP contribution in [0.4, 0.5) is 4.39 Å². The highest BCUT2D eigenvalue weighted by atomic mass is 35.5. The molecule has 0 aromatic heterocycles. The van der Waals surface area contributed by atoms with Gasteiger partial charge in [0.2, 0.25) is 5.91 Å². The minimum atomic E-state index is -0.569. The van der Waals surface area contributed by atoms with Crippen molar-refractivity contribution in [3.63, 3.8) is 0 Å². The lowest BCUT2D eigenvalue weighted by molar-refractivity contribution is 0.1000. The van der Waals surface area contributed by atoms with E-state index < -0.39 is 11.7 Å². The zero-order chi connectivity index (χ0) is 11.3. The van der Waals surface area contributed by atoms with Crippen molar-refractivity contribution in [3.05, 3.63) is 41.2 Å². The maximum absolute atomic E-state index is 12.9. The first kappa shape index (κ1) is 11.7. The van der Waals surface area contributed by atoms with Crippen LogP contribution in [0, 0.1) is 5.82 Å². The number of rotatable bonds is 4. The van der Waals surface area contributed by atoms with Crippen LogP contribution in [0.15, 0.2) is 24.3 Å². The molecule has 4 heteroatoms. The minimum Gasteiger partial charge on any atom is -0.366 e. The van der Waals surface area contributed by atoms with Gasteiger partial charge in [-0.25, -0.2) is 4.39 Å². The zero-order valence-corrected chi connectivity index (χ0v) is 8.80. The van der Waals surface area contributed by atoms with Crippen molar-refractivity contribution in [2.75, 3.05) is 5.88 Å². The number of primary amides is 1. The number of hydrogen-bond donors (Lipinski definition) is 1. The first-order valence-corrected chi connectivity index (χ1v) is 5.00. The van der Waals surface area contributed by atoms with Crippen molar-refractivity contribution >= 4 is 23.6 Å². The average molecular weight is 228 g/mol. The summed E-state index contributed by atoms with van der Waals surface area (Å²) in [6.45, 7) is 0. The minimum absolute atomic E-state index is 0.308. The number of carbonyl (C=O) groups excluding carboxylic acids is 1. The Balaban J connectivity index is 3.02. The van der Waals surface area contributed by atoms with Crippen LogP contribution in [0.5, 0.6) is 0 Å². The lowest BCUT2D eigenvalue weighted by Gasteiger charge is -2.01. The molecule has 1 aromatic carbocycles. The smallest absolute Gasteiger partial charge is 0.249 e. The number of carbonyl (C=O) groups is 1. The summed E-state index contributed by atoms with van der Waals surface area (Å²) in [6.07, 6.45) is 4.08. The molecule has 1 amide bonds. The number of alkyl halides is 1. The highest BCUT2D eigenvalue weighted by Gasteiger charge is 2.06. The van der Waals surface area contributed by atoms with Crippen LogP contribution < -0.4 is 5.73 Å². The van der Waals surface area contributed by atoms with Crippen molar-refractivity contribution in [2.24, 2.45) is 5.73 Å². The average Bonchev–Trinajstić information content (AvgIpc) is 2.18. The fourth-order valence-electron chi connectivity index (χ4n) is 1.17. The fraction of sp³-hybridized carbons (Fsp3) is 0.182. The van der Waals surface area contributed by atoms with Gasteiger partial charge < -0.3 is 5.73 Å². The number of halogens is 2. The van der Waals surface area contributed by atoms with Gasteiger partial charge in [-0.2, -0.15) is 0 Å². The van der Waals surface area contributed by atoms with Gasteiger partial charge in [-0.1, -0.05) is 12.2 Å². The van der Waals surface area contributed by atoms with Gasteiger partial charge in [-0.15, -0.1) is 11.6 Å². The third-order valence-electron chi connectivity index (χ3n) is 1.85. The van der Waals surface area contributed by atoms with Crippen LogP contribution >= 0.6 is 11.6 Å². The van der Waals surface area contributed by atoms with Crippen LogP contribution in [0.2, 0.25) is 0 Å². The van der Waals surface area contributed by atoms with E-state index in [2.05, 4.69) is 0 Å². The van der Waals surface area contributed by atoms with E-state index in [1.807, 2.05) is 0 Å². The topological polar surface area (TPSA) is 43.1 Å². The second-order valence-electron chi connectivity index (χ2n) is 2.98. The number of benzene rings is 1. The molecule has 0 atom stereocenters. The summed E-state index contributed by atoms with van der Waals surface area (Å²) in [5, 5.41) is 0. The van der Waals surface area contributed by atoms with E-state index in [9.17, 15) is 9.18 Å². The lowest BCUT2D eigenvalue weighted by atomic mass is 10.1. The Kier molecular flexibility index (Phi) is 4.31. The molecule has 0 aliphatic carbocycles. The number of hydrogen-bond acceptors (Lipinski definition) is 1. The summed E-state index contributed by atoms with van der Waals surface area (Å²) in [7, 11) is 0. The number of nitrogens with two attached hydrogens (primary N) is 1. The molecule has 0 saturated heterocycles. The van der Waals surface area contributed by atoms with Crippen molar-refractivity contribution in [3.8, 4) is 0 Å². The first-order valence-electron chi connectivity index (χ1n) is 4.47. The maximum atomic E-state index is 12.9. The summed E-state index contributed by atoms with van der Waals surface area (Å²) in [5.74, 6) is -0.483. The van der Waals surface area contributed by atoms with E-state index in [1.165, 1.54) is 18.2 Å². The van der Waals surface area contributed by atoms with E-state index in [1.54, 1.807) is 12.2 Å². The van der Waals surface area contributed by atoms with Crippen molar-refractivity contribution in [1.82, 2.24) is 0 Å². The third-order valence-corrected chi connectivity index (χ3v) is 2.07. The summed E-state index contributed by atoms with van der Waals surface area (Å²) in [6, 6.07) is 3.85. The van der Waals surface area contributed by atoms with Gasteiger partial charge >= 0.3 is 0 Å². The van der Waals surface area contributed by atoms with Crippen LogP contribution in [0.25, 0.3) is 6.08 Å². The molecule has 2 N–H and O–H groups in total. The predicted octanol–water partition coefficient (Wildman–Crippen LogP) is 2.57. The molecule has 15 heavy (non-hydrogen) atoms. The normalized spacial score (nSPS) is 10.8. The van der Waals surface area contributed by atoms with E-state index in [0.29, 0.717) is 23.4 Å². The second kappa shape index (κ2) is 5.51. The molecule has 2 nitrogen and oxygen atoms in total. The van der Waals surface area contributed by atoms with Gasteiger partial charge in [-0.05, 0) is 30.2 Å². The Morgan fingerprint density at radius 2 is 2.27 bits per heavy atom. The Bertz CT molecular complexity index is 390. The second-order valence-corrected chi connectivity index (χ2v) is 3.35. The predicted molar refractivity (Wildman–Crippen MR) is 59.3 cm³/mol. The number of allylic oxidation sites excluding steroid dienone is 1. The van der Waals surface area contributed by atoms with Gasteiger partial charge in [0.1, 0.15) is 5.82 Å². The highest BCUT2D eigenvalue weighted by Crippen LogP contribution is 2.13. The summed E-state index contributed by atoms with van der Waals surface area (Å²) >= 11 is 5.48. The van der Waals surface area contributed by atoms with Crippen LogP contribution in [0.1, 0.15) is 22.3 Å². The van der Waals surface area contributed by atoms with Crippen LogP contribution in [0.3, 0.4) is 0 Å². The van der Waals surface area contributed by atoms with Crippen molar-refractivity contribution < 1.29 is 9.18 Å². The van der Waals surface area contributed by atoms with Crippen LogP contribution in [-0.4, -0.2) is 11.8 Å². The summed E-state index contributed by atoms with van der Waals surface area (Å²) in [4.78, 5) is 11.0. The summed E-state index contributed by atoms with van der Waals surface area (Å²) in [5.41, 5.74) is 5.93. The molecule has 0 fully saturated rings. The van der Waals surface area contributed by atoms with Crippen LogP contribution in [-0.2, 0) is 0 Å². The molecule has 1 rings (SSSR count). The van der Waals surface area contributed by atoms with Gasteiger partial charge in [0.05, 0.1) is 0 Å². The molecule has 0 saturated carbocycles. The van der Waals surface area contributed by atoms with Gasteiger partial charge in [0, 0.05) is 11.4 Å². The van der Waals surface area contributed by atoms with Gasteiger partial charge in [-0.3, -0.25) is 4.79 Å². The highest BCUT2D eigenvalue weighted by molar-refractivity contribution is 6.17. The molecular formula is C11H11ClFNO. The SMILES string of the molecule is NC(=O)c1ccc(F)cc1C=CCCCl. The summed E-state index contributed by atoms with van der Waals surface area (Å²) < 4.78 is 12.9.